The maximum Gasteiger partial charge on any atom is 0.199 e. The molecule has 1 aliphatic heterocycles. The molecule has 0 amide bonds. The highest BCUT2D eigenvalue weighted by Crippen LogP contribution is 2.39. The minimum absolute atomic E-state index is 0.265. The number of pyridine rings is 1. The maximum absolute atomic E-state index is 12.8. The average Bonchev–Trinajstić information content (AvgIpc) is 3.32. The topological polar surface area (TPSA) is 74.7 Å². The summed E-state index contributed by atoms with van der Waals surface area (Å²) in [6.45, 7) is 3.70. The van der Waals surface area contributed by atoms with Gasteiger partial charge in [0.05, 0.1) is 23.6 Å². The Kier molecular flexibility index (Phi) is 6.91. The van der Waals surface area contributed by atoms with Gasteiger partial charge in [-0.1, -0.05) is 24.3 Å². The molecular formula is C28H31NO5S. The Morgan fingerprint density at radius 3 is 2.51 bits per heavy atom. The van der Waals surface area contributed by atoms with Crippen molar-refractivity contribution >= 4 is 20.7 Å². The number of para-hydroxylation sites is 1. The van der Waals surface area contributed by atoms with E-state index in [-0.39, 0.29) is 10.7 Å². The number of fused-ring (bicyclic) bond motifs is 1. The molecule has 0 atom stereocenters. The Hall–Kier alpha value is -2.74. The van der Waals surface area contributed by atoms with Crippen LogP contribution in [0.25, 0.3) is 10.9 Å². The first kappa shape index (κ1) is 24.0. The molecule has 1 aliphatic carbocycles. The van der Waals surface area contributed by atoms with Crippen molar-refractivity contribution in [1.82, 2.24) is 4.98 Å². The fourth-order valence-corrected chi connectivity index (χ4v) is 6.03. The molecule has 1 aromatic heterocycles. The number of aromatic nitrogens is 1. The summed E-state index contributed by atoms with van der Waals surface area (Å²) in [5, 5.41) is 2.39. The van der Waals surface area contributed by atoms with E-state index in [1.165, 1.54) is 5.41 Å². The van der Waals surface area contributed by atoms with Gasteiger partial charge in [0.25, 0.3) is 0 Å². The first-order valence-corrected chi connectivity index (χ1v) is 13.7. The van der Waals surface area contributed by atoms with Crippen LogP contribution in [0.5, 0.6) is 5.75 Å². The van der Waals surface area contributed by atoms with Crippen LogP contribution in [-0.2, 0) is 25.9 Å². The Morgan fingerprint density at radius 1 is 1.06 bits per heavy atom. The molecule has 0 radical (unpaired) electrons. The lowest BCUT2D eigenvalue weighted by atomic mass is 9.83. The molecule has 2 heterocycles. The summed E-state index contributed by atoms with van der Waals surface area (Å²) in [5.74, 6) is 0.710. The minimum Gasteiger partial charge on any atom is -0.489 e. The van der Waals surface area contributed by atoms with Gasteiger partial charge in [0.1, 0.15) is 12.4 Å². The maximum atomic E-state index is 12.8. The number of hydrogen-bond acceptors (Lipinski definition) is 6. The number of aryl methyl sites for hydroxylation is 1. The van der Waals surface area contributed by atoms with Crippen molar-refractivity contribution in [2.45, 2.75) is 56.3 Å². The minimum atomic E-state index is -3.50. The molecule has 2 aliphatic rings. The van der Waals surface area contributed by atoms with E-state index in [1.54, 1.807) is 30.3 Å². The van der Waals surface area contributed by atoms with Crippen molar-refractivity contribution in [3.63, 3.8) is 0 Å². The van der Waals surface area contributed by atoms with Gasteiger partial charge in [-0.05, 0) is 68.5 Å². The first-order chi connectivity index (χ1) is 16.9. The van der Waals surface area contributed by atoms with Gasteiger partial charge < -0.3 is 14.2 Å². The fourth-order valence-electron chi connectivity index (χ4n) is 4.99. The van der Waals surface area contributed by atoms with Gasteiger partial charge in [0.15, 0.2) is 15.6 Å². The van der Waals surface area contributed by atoms with Gasteiger partial charge in [-0.25, -0.2) is 8.42 Å². The van der Waals surface area contributed by atoms with Crippen molar-refractivity contribution in [3.05, 3.63) is 77.3 Å². The normalized spacial score (nSPS) is 18.5. The first-order valence-electron chi connectivity index (χ1n) is 12.2. The zero-order valence-electron chi connectivity index (χ0n) is 20.0. The van der Waals surface area contributed by atoms with Crippen LogP contribution in [0, 0.1) is 12.8 Å². The molecule has 1 saturated carbocycles. The van der Waals surface area contributed by atoms with Gasteiger partial charge in [0, 0.05) is 34.9 Å². The summed E-state index contributed by atoms with van der Waals surface area (Å²) in [5.41, 5.74) is 2.92. The van der Waals surface area contributed by atoms with Crippen LogP contribution in [0.3, 0.4) is 0 Å². The third kappa shape index (κ3) is 5.58. The number of allylic oxidation sites excluding steroid dienone is 1. The van der Waals surface area contributed by atoms with Gasteiger partial charge in [-0.3, -0.25) is 4.98 Å². The van der Waals surface area contributed by atoms with Crippen LogP contribution in [0.2, 0.25) is 0 Å². The standard InChI is InChI=1S/C28H31NO5S/c1-21-19-23(26-6-2-3-7-27(26)29-21)20-32-24-8-10-25(11-9-24)35(30,31)18-4-5-22-12-14-28(15-13-22)33-16-17-34-28/h2-4,6-11,18-19,22H,5,12-17,20H2,1H3. The molecule has 3 aromatic rings. The molecule has 1 saturated heterocycles. The van der Waals surface area contributed by atoms with Crippen LogP contribution in [0.15, 0.2) is 71.0 Å². The number of sulfone groups is 1. The summed E-state index contributed by atoms with van der Waals surface area (Å²) < 4.78 is 43.1. The van der Waals surface area contributed by atoms with E-state index < -0.39 is 9.84 Å². The Balaban J connectivity index is 1.17. The van der Waals surface area contributed by atoms with E-state index in [9.17, 15) is 8.42 Å². The lowest BCUT2D eigenvalue weighted by Crippen LogP contribution is -2.35. The molecule has 2 fully saturated rings. The number of hydrogen-bond donors (Lipinski definition) is 0. The Bertz CT molecular complexity index is 1300. The van der Waals surface area contributed by atoms with Crippen molar-refractivity contribution in [1.29, 1.82) is 0 Å². The highest BCUT2D eigenvalue weighted by Gasteiger charge is 2.39. The monoisotopic (exact) mass is 493 g/mol. The number of benzene rings is 2. The lowest BCUT2D eigenvalue weighted by Gasteiger charge is -2.35. The molecule has 35 heavy (non-hydrogen) atoms. The second-order valence-electron chi connectivity index (χ2n) is 9.40. The second-order valence-corrected chi connectivity index (χ2v) is 11.2. The van der Waals surface area contributed by atoms with Crippen LogP contribution in [0.4, 0.5) is 0 Å². The van der Waals surface area contributed by atoms with Crippen molar-refractivity contribution in [3.8, 4) is 5.75 Å². The zero-order chi connectivity index (χ0) is 24.3. The third-order valence-electron chi connectivity index (χ3n) is 6.90. The van der Waals surface area contributed by atoms with Gasteiger partial charge >= 0.3 is 0 Å². The molecular weight excluding hydrogens is 462 g/mol. The number of nitrogens with zero attached hydrogens (tertiary/aromatic N) is 1. The van der Waals surface area contributed by atoms with E-state index in [4.69, 9.17) is 14.2 Å². The van der Waals surface area contributed by atoms with Crippen LogP contribution in [0.1, 0.15) is 43.4 Å². The second kappa shape index (κ2) is 10.1. The van der Waals surface area contributed by atoms with Crippen LogP contribution in [-0.4, -0.2) is 32.4 Å². The Morgan fingerprint density at radius 2 is 1.77 bits per heavy atom. The van der Waals surface area contributed by atoms with E-state index in [1.807, 2.05) is 37.3 Å². The molecule has 6 nitrogen and oxygen atoms in total. The third-order valence-corrected chi connectivity index (χ3v) is 8.38. The van der Waals surface area contributed by atoms with Gasteiger partial charge in [-0.2, -0.15) is 0 Å². The molecule has 5 rings (SSSR count). The predicted octanol–water partition coefficient (Wildman–Crippen LogP) is 5.73. The van der Waals surface area contributed by atoms with E-state index >= 15 is 0 Å². The van der Waals surface area contributed by atoms with E-state index in [2.05, 4.69) is 4.98 Å². The molecule has 0 N–H and O–H groups in total. The van der Waals surface area contributed by atoms with Crippen molar-refractivity contribution in [2.75, 3.05) is 13.2 Å². The quantitative estimate of drug-likeness (QED) is 0.418. The van der Waals surface area contributed by atoms with Crippen molar-refractivity contribution < 1.29 is 22.6 Å². The largest absolute Gasteiger partial charge is 0.489 e. The predicted molar refractivity (Wildman–Crippen MR) is 135 cm³/mol. The van der Waals surface area contributed by atoms with Crippen molar-refractivity contribution in [2.24, 2.45) is 5.92 Å². The van der Waals surface area contributed by atoms with Crippen LogP contribution < -0.4 is 4.74 Å². The molecule has 1 spiro atoms. The lowest BCUT2D eigenvalue weighted by molar-refractivity contribution is -0.182. The number of ether oxygens (including phenoxy) is 3. The summed E-state index contributed by atoms with van der Waals surface area (Å²) in [6.07, 6.45) is 6.28. The summed E-state index contributed by atoms with van der Waals surface area (Å²) >= 11 is 0. The van der Waals surface area contributed by atoms with Crippen LogP contribution >= 0.6 is 0 Å². The SMILES string of the molecule is Cc1cc(COc2ccc(S(=O)(=O)C=CCC3CCC4(CC3)OCCO4)cc2)c2ccccc2n1. The van der Waals surface area contributed by atoms with E-state index in [0.29, 0.717) is 31.5 Å². The summed E-state index contributed by atoms with van der Waals surface area (Å²) in [6, 6.07) is 16.6. The summed E-state index contributed by atoms with van der Waals surface area (Å²) in [7, 11) is -3.50. The average molecular weight is 494 g/mol. The molecule has 7 heteroatoms. The Labute approximate surface area is 206 Å². The molecule has 0 unspecified atom stereocenters. The fraction of sp³-hybridized carbons (Fsp3) is 0.393. The summed E-state index contributed by atoms with van der Waals surface area (Å²) in [4.78, 5) is 4.83. The van der Waals surface area contributed by atoms with E-state index in [0.717, 1.165) is 54.3 Å². The zero-order valence-corrected chi connectivity index (χ0v) is 20.8. The van der Waals surface area contributed by atoms with Gasteiger partial charge in [-0.15, -0.1) is 0 Å². The highest BCUT2D eigenvalue weighted by molar-refractivity contribution is 7.94. The molecule has 2 aromatic carbocycles. The smallest absolute Gasteiger partial charge is 0.199 e. The molecule has 184 valence electrons. The molecule has 0 bridgehead atoms. The van der Waals surface area contributed by atoms with Gasteiger partial charge in [0.2, 0.25) is 0 Å². The number of rotatable bonds is 7. The highest BCUT2D eigenvalue weighted by atomic mass is 32.2.